The van der Waals surface area contributed by atoms with Crippen molar-refractivity contribution in [3.05, 3.63) is 54.9 Å². The molecule has 3 aromatic rings. The van der Waals surface area contributed by atoms with Crippen LogP contribution in [0.25, 0.3) is 10.9 Å². The van der Waals surface area contributed by atoms with Gasteiger partial charge in [0.25, 0.3) is 0 Å². The van der Waals surface area contributed by atoms with Gasteiger partial charge in [0.2, 0.25) is 0 Å². The number of nitrogens with zero attached hydrogens (tertiary/aromatic N) is 3. The topological polar surface area (TPSA) is 41.1 Å². The number of hydrogen-bond donors (Lipinski definition) is 1. The van der Waals surface area contributed by atoms with Gasteiger partial charge in [0.1, 0.15) is 12.1 Å². The lowest BCUT2D eigenvalue weighted by atomic mass is 10.0. The fraction of sp³-hybridized carbons (Fsp3) is 0.300. The van der Waals surface area contributed by atoms with Gasteiger partial charge in [-0.05, 0) is 49.4 Å². The van der Waals surface area contributed by atoms with Gasteiger partial charge in [0.15, 0.2) is 0 Å². The summed E-state index contributed by atoms with van der Waals surface area (Å²) in [5.74, 6) is 1.06. The molecule has 0 radical (unpaired) electrons. The number of aromatic nitrogens is 2. The van der Waals surface area contributed by atoms with Crippen molar-refractivity contribution in [1.82, 2.24) is 9.97 Å². The summed E-state index contributed by atoms with van der Waals surface area (Å²) in [5.41, 5.74) is 2.20. The van der Waals surface area contributed by atoms with Crippen LogP contribution in [0.15, 0.2) is 59.8 Å². The second kappa shape index (κ2) is 7.31. The number of nitrogens with one attached hydrogen (secondary N) is 1. The number of hydrogen-bond acceptors (Lipinski definition) is 5. The van der Waals surface area contributed by atoms with Crippen molar-refractivity contribution < 1.29 is 0 Å². The molecule has 0 bridgehead atoms. The Morgan fingerprint density at radius 3 is 2.84 bits per heavy atom. The van der Waals surface area contributed by atoms with Crippen molar-refractivity contribution in [1.29, 1.82) is 0 Å². The third-order valence-corrected chi connectivity index (χ3v) is 5.41. The minimum absolute atomic E-state index is 0.435. The fourth-order valence-corrected chi connectivity index (χ4v) is 3.90. The van der Waals surface area contributed by atoms with Crippen LogP contribution in [0, 0.1) is 0 Å². The van der Waals surface area contributed by atoms with E-state index in [9.17, 15) is 0 Å². The molecule has 2 heterocycles. The Labute approximate surface area is 152 Å². The molecule has 1 fully saturated rings. The van der Waals surface area contributed by atoms with Gasteiger partial charge in [0, 0.05) is 35.1 Å². The van der Waals surface area contributed by atoms with E-state index in [1.807, 2.05) is 0 Å². The van der Waals surface area contributed by atoms with Gasteiger partial charge < -0.3 is 10.2 Å². The first-order valence-corrected chi connectivity index (χ1v) is 9.91. The molecule has 0 saturated carbocycles. The molecule has 1 aromatic heterocycles. The van der Waals surface area contributed by atoms with Gasteiger partial charge in [-0.1, -0.05) is 18.2 Å². The van der Waals surface area contributed by atoms with Crippen LogP contribution in [0.2, 0.25) is 0 Å². The van der Waals surface area contributed by atoms with Crippen molar-refractivity contribution in [2.75, 3.05) is 29.6 Å². The Morgan fingerprint density at radius 1 is 1.12 bits per heavy atom. The largest absolute Gasteiger partial charge is 0.381 e. The number of piperidine rings is 1. The van der Waals surface area contributed by atoms with E-state index >= 15 is 0 Å². The lowest BCUT2D eigenvalue weighted by Gasteiger charge is -2.35. The van der Waals surface area contributed by atoms with Gasteiger partial charge in [-0.2, -0.15) is 0 Å². The number of para-hydroxylation sites is 1. The number of thioether (sulfide) groups is 1. The smallest absolute Gasteiger partial charge is 0.139 e. The molecule has 0 aliphatic carbocycles. The van der Waals surface area contributed by atoms with Crippen molar-refractivity contribution in [3.8, 4) is 0 Å². The summed E-state index contributed by atoms with van der Waals surface area (Å²) < 4.78 is 0. The molecule has 0 amide bonds. The number of fused-ring (bicyclic) bond motifs is 1. The highest BCUT2D eigenvalue weighted by molar-refractivity contribution is 7.98. The zero-order valence-electron chi connectivity index (χ0n) is 14.4. The molecule has 4 nitrogen and oxygen atoms in total. The van der Waals surface area contributed by atoms with Crippen LogP contribution in [0.5, 0.6) is 0 Å². The zero-order valence-corrected chi connectivity index (χ0v) is 15.2. The Balaban J connectivity index is 1.60. The van der Waals surface area contributed by atoms with E-state index in [1.165, 1.54) is 17.0 Å². The molecular weight excluding hydrogens is 328 g/mol. The lowest BCUT2D eigenvalue weighted by Crippen LogP contribution is -2.42. The maximum absolute atomic E-state index is 4.63. The highest BCUT2D eigenvalue weighted by Gasteiger charge is 2.22. The van der Waals surface area contributed by atoms with Crippen molar-refractivity contribution >= 4 is 34.2 Å². The Bertz CT molecular complexity index is 853. The molecule has 25 heavy (non-hydrogen) atoms. The average Bonchev–Trinajstić information content (AvgIpc) is 2.68. The summed E-state index contributed by atoms with van der Waals surface area (Å²) in [6.45, 7) is 2.01. The summed E-state index contributed by atoms with van der Waals surface area (Å²) in [6, 6.07) is 17.3. The molecule has 2 aromatic carbocycles. The molecule has 1 atom stereocenters. The Kier molecular flexibility index (Phi) is 4.74. The molecule has 4 rings (SSSR count). The van der Waals surface area contributed by atoms with E-state index in [2.05, 4.69) is 75.0 Å². The van der Waals surface area contributed by atoms with Crippen LogP contribution < -0.4 is 10.2 Å². The lowest BCUT2D eigenvalue weighted by molar-refractivity contribution is 0.527. The average molecular weight is 350 g/mol. The number of benzene rings is 2. The van der Waals surface area contributed by atoms with Crippen LogP contribution in [0.1, 0.15) is 12.8 Å². The first kappa shape index (κ1) is 16.2. The summed E-state index contributed by atoms with van der Waals surface area (Å²) >= 11 is 1.75. The second-order valence-electron chi connectivity index (χ2n) is 6.38. The zero-order chi connectivity index (χ0) is 17.1. The molecule has 128 valence electrons. The standard InChI is InChI=1S/C20H22N4S/c1-25-17-9-10-19-18(12-17)20(22-14-21-19)24-11-5-8-16(13-24)23-15-6-3-2-4-7-15/h2-4,6-7,9-10,12,14,16,23H,5,8,11,13H2,1H3. The highest BCUT2D eigenvalue weighted by atomic mass is 32.2. The van der Waals surface area contributed by atoms with E-state index in [1.54, 1.807) is 18.1 Å². The second-order valence-corrected chi connectivity index (χ2v) is 7.26. The van der Waals surface area contributed by atoms with Gasteiger partial charge in [-0.25, -0.2) is 9.97 Å². The molecule has 1 aliphatic rings. The molecule has 5 heteroatoms. The maximum atomic E-state index is 4.63. The normalized spacial score (nSPS) is 17.6. The Hall–Kier alpha value is -2.27. The third-order valence-electron chi connectivity index (χ3n) is 4.69. The van der Waals surface area contributed by atoms with E-state index < -0.39 is 0 Å². The third kappa shape index (κ3) is 3.56. The predicted molar refractivity (Wildman–Crippen MR) is 107 cm³/mol. The molecule has 0 spiro atoms. The molecule has 1 unspecified atom stereocenters. The van der Waals surface area contributed by atoms with Crippen LogP contribution in [-0.2, 0) is 0 Å². The maximum Gasteiger partial charge on any atom is 0.139 e. The van der Waals surface area contributed by atoms with Crippen molar-refractivity contribution in [3.63, 3.8) is 0 Å². The Morgan fingerprint density at radius 2 is 2.00 bits per heavy atom. The minimum Gasteiger partial charge on any atom is -0.381 e. The molecular formula is C20H22N4S. The summed E-state index contributed by atoms with van der Waals surface area (Å²) in [7, 11) is 0. The van der Waals surface area contributed by atoms with E-state index in [-0.39, 0.29) is 0 Å². The van der Waals surface area contributed by atoms with Crippen LogP contribution in [-0.4, -0.2) is 35.4 Å². The van der Waals surface area contributed by atoms with Gasteiger partial charge in [-0.3, -0.25) is 0 Å². The van der Waals surface area contributed by atoms with E-state index in [0.29, 0.717) is 6.04 Å². The molecule has 1 aliphatic heterocycles. The minimum atomic E-state index is 0.435. The summed E-state index contributed by atoms with van der Waals surface area (Å²) in [6.07, 6.45) is 6.14. The van der Waals surface area contributed by atoms with E-state index in [0.717, 1.165) is 36.2 Å². The van der Waals surface area contributed by atoms with Crippen molar-refractivity contribution in [2.24, 2.45) is 0 Å². The number of anilines is 2. The summed E-state index contributed by atoms with van der Waals surface area (Å²) in [4.78, 5) is 12.7. The van der Waals surface area contributed by atoms with Crippen LogP contribution in [0.4, 0.5) is 11.5 Å². The van der Waals surface area contributed by atoms with E-state index in [4.69, 9.17) is 0 Å². The van der Waals surface area contributed by atoms with Crippen LogP contribution in [0.3, 0.4) is 0 Å². The molecule has 1 N–H and O–H groups in total. The van der Waals surface area contributed by atoms with Crippen LogP contribution >= 0.6 is 11.8 Å². The quantitative estimate of drug-likeness (QED) is 0.705. The van der Waals surface area contributed by atoms with Gasteiger partial charge in [0.05, 0.1) is 5.52 Å². The van der Waals surface area contributed by atoms with Gasteiger partial charge >= 0.3 is 0 Å². The highest BCUT2D eigenvalue weighted by Crippen LogP contribution is 2.29. The van der Waals surface area contributed by atoms with Gasteiger partial charge in [-0.15, -0.1) is 11.8 Å². The first-order valence-electron chi connectivity index (χ1n) is 8.69. The van der Waals surface area contributed by atoms with Crippen molar-refractivity contribution in [2.45, 2.75) is 23.8 Å². The fourth-order valence-electron chi connectivity index (χ4n) is 3.46. The predicted octanol–water partition coefficient (Wildman–Crippen LogP) is 4.43. The first-order chi connectivity index (χ1) is 12.3. The molecule has 1 saturated heterocycles. The SMILES string of the molecule is CSc1ccc2ncnc(N3CCCC(Nc4ccccc4)C3)c2c1. The summed E-state index contributed by atoms with van der Waals surface area (Å²) in [5, 5.41) is 4.81. The number of rotatable bonds is 4. The monoisotopic (exact) mass is 350 g/mol.